The average Bonchev–Trinajstić information content (AvgIpc) is 2.41. The van der Waals surface area contributed by atoms with E-state index in [2.05, 4.69) is 5.32 Å². The second-order valence-corrected chi connectivity index (χ2v) is 5.50. The standard InChI is InChI=1S/C15H23N3O/c1-11-5-7-14(8-6-11)17-15(19)18-9-3-4-13(10-18)12(2)16/h5-8,12-13H,3-4,9-10,16H2,1-2H3,(H,17,19). The van der Waals surface area contributed by atoms with Crippen LogP contribution in [0.4, 0.5) is 10.5 Å². The third-order valence-electron chi connectivity index (χ3n) is 3.79. The first-order valence-electron chi connectivity index (χ1n) is 6.94. The van der Waals surface area contributed by atoms with Crippen molar-refractivity contribution in [2.75, 3.05) is 18.4 Å². The molecule has 1 heterocycles. The second kappa shape index (κ2) is 6.06. The molecule has 1 saturated heterocycles. The van der Waals surface area contributed by atoms with Gasteiger partial charge in [0, 0.05) is 24.8 Å². The molecule has 2 amide bonds. The molecular formula is C15H23N3O. The van der Waals surface area contributed by atoms with E-state index in [1.165, 1.54) is 5.56 Å². The molecule has 1 fully saturated rings. The van der Waals surface area contributed by atoms with Gasteiger partial charge in [-0.1, -0.05) is 17.7 Å². The number of nitrogens with two attached hydrogens (primary N) is 1. The van der Waals surface area contributed by atoms with Crippen molar-refractivity contribution in [2.45, 2.75) is 32.7 Å². The molecule has 2 atom stereocenters. The minimum absolute atomic E-state index is 0.0193. The van der Waals surface area contributed by atoms with Gasteiger partial charge in [0.2, 0.25) is 0 Å². The molecule has 0 aliphatic carbocycles. The topological polar surface area (TPSA) is 58.4 Å². The van der Waals surface area contributed by atoms with Crippen molar-refractivity contribution < 1.29 is 4.79 Å². The Morgan fingerprint density at radius 1 is 1.42 bits per heavy atom. The molecule has 3 N–H and O–H groups in total. The predicted octanol–water partition coefficient (Wildman–Crippen LogP) is 2.59. The van der Waals surface area contributed by atoms with Crippen LogP contribution in [0.2, 0.25) is 0 Å². The number of urea groups is 1. The molecule has 4 nitrogen and oxygen atoms in total. The Morgan fingerprint density at radius 3 is 2.74 bits per heavy atom. The number of benzene rings is 1. The number of carbonyl (C=O) groups is 1. The smallest absolute Gasteiger partial charge is 0.321 e. The number of nitrogens with zero attached hydrogens (tertiary/aromatic N) is 1. The van der Waals surface area contributed by atoms with Gasteiger partial charge in [-0.2, -0.15) is 0 Å². The van der Waals surface area contributed by atoms with Crippen LogP contribution >= 0.6 is 0 Å². The van der Waals surface area contributed by atoms with E-state index < -0.39 is 0 Å². The van der Waals surface area contributed by atoms with E-state index in [1.807, 2.05) is 43.0 Å². The summed E-state index contributed by atoms with van der Waals surface area (Å²) in [5.74, 6) is 0.414. The quantitative estimate of drug-likeness (QED) is 0.859. The molecule has 0 saturated carbocycles. The minimum Gasteiger partial charge on any atom is -0.328 e. The molecule has 1 aliphatic heterocycles. The first-order chi connectivity index (χ1) is 9.06. The van der Waals surface area contributed by atoms with E-state index in [4.69, 9.17) is 5.73 Å². The van der Waals surface area contributed by atoms with Crippen molar-refractivity contribution in [2.24, 2.45) is 11.7 Å². The highest BCUT2D eigenvalue weighted by Gasteiger charge is 2.25. The van der Waals surface area contributed by atoms with Crippen LogP contribution in [0.15, 0.2) is 24.3 Å². The maximum Gasteiger partial charge on any atom is 0.321 e. The summed E-state index contributed by atoms with van der Waals surface area (Å²) in [6, 6.07) is 7.98. The van der Waals surface area contributed by atoms with E-state index in [1.54, 1.807) is 0 Å². The minimum atomic E-state index is -0.0193. The number of anilines is 1. The lowest BCUT2D eigenvalue weighted by molar-refractivity contribution is 0.169. The number of hydrogen-bond acceptors (Lipinski definition) is 2. The van der Waals surface area contributed by atoms with Crippen LogP contribution < -0.4 is 11.1 Å². The zero-order valence-corrected chi connectivity index (χ0v) is 11.7. The van der Waals surface area contributed by atoms with Gasteiger partial charge in [-0.15, -0.1) is 0 Å². The maximum absolute atomic E-state index is 12.2. The van der Waals surface area contributed by atoms with Gasteiger partial charge in [0.1, 0.15) is 0 Å². The number of carbonyl (C=O) groups excluding carboxylic acids is 1. The van der Waals surface area contributed by atoms with Gasteiger partial charge in [0.05, 0.1) is 0 Å². The Hall–Kier alpha value is -1.55. The lowest BCUT2D eigenvalue weighted by Gasteiger charge is -2.34. The number of piperidine rings is 1. The van der Waals surface area contributed by atoms with E-state index in [-0.39, 0.29) is 12.1 Å². The highest BCUT2D eigenvalue weighted by molar-refractivity contribution is 5.89. The van der Waals surface area contributed by atoms with Crippen LogP contribution in [0.25, 0.3) is 0 Å². The Labute approximate surface area is 115 Å². The van der Waals surface area contributed by atoms with Crippen LogP contribution in [0.5, 0.6) is 0 Å². The third kappa shape index (κ3) is 3.70. The molecule has 0 bridgehead atoms. The molecule has 1 aliphatic rings. The van der Waals surface area contributed by atoms with Crippen molar-refractivity contribution >= 4 is 11.7 Å². The first kappa shape index (κ1) is 13.9. The largest absolute Gasteiger partial charge is 0.328 e. The zero-order valence-electron chi connectivity index (χ0n) is 11.7. The summed E-state index contributed by atoms with van der Waals surface area (Å²) in [4.78, 5) is 14.1. The number of likely N-dealkylation sites (tertiary alicyclic amines) is 1. The molecule has 4 heteroatoms. The Kier molecular flexibility index (Phi) is 4.43. The summed E-state index contributed by atoms with van der Waals surface area (Å²) in [5.41, 5.74) is 7.97. The van der Waals surface area contributed by atoms with E-state index in [0.29, 0.717) is 5.92 Å². The van der Waals surface area contributed by atoms with Crippen molar-refractivity contribution in [1.29, 1.82) is 0 Å². The van der Waals surface area contributed by atoms with E-state index >= 15 is 0 Å². The van der Waals surface area contributed by atoms with Crippen molar-refractivity contribution in [3.63, 3.8) is 0 Å². The molecule has 1 aromatic rings. The molecule has 0 aromatic heterocycles. The van der Waals surface area contributed by atoms with Crippen molar-refractivity contribution in [3.8, 4) is 0 Å². The fraction of sp³-hybridized carbons (Fsp3) is 0.533. The molecule has 2 unspecified atom stereocenters. The van der Waals surface area contributed by atoms with Crippen LogP contribution in [0.3, 0.4) is 0 Å². The fourth-order valence-electron chi connectivity index (χ4n) is 2.46. The summed E-state index contributed by atoms with van der Waals surface area (Å²) < 4.78 is 0. The lowest BCUT2D eigenvalue weighted by Crippen LogP contribution is -2.46. The molecule has 19 heavy (non-hydrogen) atoms. The highest BCUT2D eigenvalue weighted by atomic mass is 16.2. The molecule has 0 radical (unpaired) electrons. The Balaban J connectivity index is 1.94. The van der Waals surface area contributed by atoms with E-state index in [9.17, 15) is 4.79 Å². The average molecular weight is 261 g/mol. The molecule has 2 rings (SSSR count). The summed E-state index contributed by atoms with van der Waals surface area (Å²) in [6.07, 6.45) is 2.15. The van der Waals surface area contributed by atoms with Crippen LogP contribution in [0.1, 0.15) is 25.3 Å². The molecule has 1 aromatic carbocycles. The van der Waals surface area contributed by atoms with Crippen LogP contribution in [-0.4, -0.2) is 30.1 Å². The number of nitrogens with one attached hydrogen (secondary N) is 1. The molecule has 104 valence electrons. The molecule has 0 spiro atoms. The fourth-order valence-corrected chi connectivity index (χ4v) is 2.46. The lowest BCUT2D eigenvalue weighted by atomic mass is 9.92. The summed E-state index contributed by atoms with van der Waals surface area (Å²) in [7, 11) is 0. The van der Waals surface area contributed by atoms with Gasteiger partial charge in [0.25, 0.3) is 0 Å². The summed E-state index contributed by atoms with van der Waals surface area (Å²) in [5, 5.41) is 2.94. The van der Waals surface area contributed by atoms with Crippen molar-refractivity contribution in [3.05, 3.63) is 29.8 Å². The monoisotopic (exact) mass is 261 g/mol. The third-order valence-corrected chi connectivity index (χ3v) is 3.79. The van der Waals surface area contributed by atoms with Gasteiger partial charge in [-0.05, 0) is 44.7 Å². The summed E-state index contributed by atoms with van der Waals surface area (Å²) >= 11 is 0. The van der Waals surface area contributed by atoms with Gasteiger partial charge in [-0.3, -0.25) is 0 Å². The van der Waals surface area contributed by atoms with Crippen LogP contribution in [-0.2, 0) is 0 Å². The number of amides is 2. The number of aryl methyl sites for hydroxylation is 1. The molecular weight excluding hydrogens is 238 g/mol. The number of rotatable bonds is 2. The zero-order chi connectivity index (χ0) is 13.8. The van der Waals surface area contributed by atoms with Gasteiger partial charge < -0.3 is 16.0 Å². The maximum atomic E-state index is 12.2. The SMILES string of the molecule is Cc1ccc(NC(=O)N2CCCC(C(C)N)C2)cc1. The van der Waals surface area contributed by atoms with Crippen LogP contribution in [0, 0.1) is 12.8 Å². The predicted molar refractivity (Wildman–Crippen MR) is 78.1 cm³/mol. The number of hydrogen-bond donors (Lipinski definition) is 2. The van der Waals surface area contributed by atoms with Gasteiger partial charge >= 0.3 is 6.03 Å². The second-order valence-electron chi connectivity index (χ2n) is 5.50. The normalized spacial score (nSPS) is 21.0. The first-order valence-corrected chi connectivity index (χ1v) is 6.94. The van der Waals surface area contributed by atoms with Crippen molar-refractivity contribution in [1.82, 2.24) is 4.90 Å². The Bertz CT molecular complexity index is 428. The Morgan fingerprint density at radius 2 is 2.11 bits per heavy atom. The summed E-state index contributed by atoms with van der Waals surface area (Å²) in [6.45, 7) is 5.63. The van der Waals surface area contributed by atoms with Gasteiger partial charge in [0.15, 0.2) is 0 Å². The highest BCUT2D eigenvalue weighted by Crippen LogP contribution is 2.19. The van der Waals surface area contributed by atoms with Gasteiger partial charge in [-0.25, -0.2) is 4.79 Å². The van der Waals surface area contributed by atoms with E-state index in [0.717, 1.165) is 31.6 Å².